The first kappa shape index (κ1) is 14.8. The molecule has 1 aliphatic rings. The van der Waals surface area contributed by atoms with E-state index in [0.717, 1.165) is 30.7 Å². The molecule has 0 bridgehead atoms. The number of nitrogens with two attached hydrogens (primary N) is 1. The highest BCUT2D eigenvalue weighted by Crippen LogP contribution is 2.22. The van der Waals surface area contributed by atoms with Gasteiger partial charge in [0.1, 0.15) is 5.75 Å². The molecule has 0 saturated heterocycles. The second-order valence-corrected chi connectivity index (χ2v) is 6.02. The van der Waals surface area contributed by atoms with E-state index in [1.54, 1.807) is 18.0 Å². The molecule has 0 amide bonds. The quantitative estimate of drug-likeness (QED) is 0.749. The maximum atomic E-state index is 5.96. The van der Waals surface area contributed by atoms with Crippen LogP contribution in [0.3, 0.4) is 0 Å². The van der Waals surface area contributed by atoms with Gasteiger partial charge in [-0.2, -0.15) is 9.67 Å². The molecule has 1 saturated carbocycles. The molecule has 2 heterocycles. The Balaban J connectivity index is 1.65. The van der Waals surface area contributed by atoms with Gasteiger partial charge in [0.25, 0.3) is 0 Å². The first-order chi connectivity index (χ1) is 11.7. The van der Waals surface area contributed by atoms with Gasteiger partial charge in [-0.1, -0.05) is 5.21 Å². The van der Waals surface area contributed by atoms with Crippen molar-refractivity contribution in [2.75, 3.05) is 12.4 Å². The lowest BCUT2D eigenvalue weighted by Gasteiger charge is -2.12. The number of methoxy groups -OCH3 is 1. The Labute approximate surface area is 139 Å². The van der Waals surface area contributed by atoms with Gasteiger partial charge in [0.2, 0.25) is 5.95 Å². The largest absolute Gasteiger partial charge is 0.497 e. The van der Waals surface area contributed by atoms with Crippen LogP contribution in [-0.4, -0.2) is 44.2 Å². The van der Waals surface area contributed by atoms with Crippen LogP contribution in [0.1, 0.15) is 19.3 Å². The van der Waals surface area contributed by atoms with Crippen LogP contribution in [0.4, 0.5) is 5.95 Å². The number of nitrogens with one attached hydrogen (secondary N) is 1. The monoisotopic (exact) mass is 325 g/mol. The summed E-state index contributed by atoms with van der Waals surface area (Å²) in [4.78, 5) is 8.92. The van der Waals surface area contributed by atoms with Crippen LogP contribution >= 0.6 is 0 Å². The first-order valence-electron chi connectivity index (χ1n) is 7.98. The number of benzene rings is 1. The lowest BCUT2D eigenvalue weighted by atomic mass is 10.2. The number of aromatic nitrogens is 5. The van der Waals surface area contributed by atoms with Gasteiger partial charge in [0.05, 0.1) is 19.0 Å². The topological polar surface area (TPSA) is 104 Å². The molecule has 3 aromatic rings. The summed E-state index contributed by atoms with van der Waals surface area (Å²) in [6.07, 6.45) is 4.70. The molecule has 0 aliphatic heterocycles. The second-order valence-electron chi connectivity index (χ2n) is 6.02. The van der Waals surface area contributed by atoms with Gasteiger partial charge >= 0.3 is 0 Å². The third kappa shape index (κ3) is 2.76. The summed E-state index contributed by atoms with van der Waals surface area (Å²) in [6, 6.07) is 8.17. The van der Waals surface area contributed by atoms with Crippen LogP contribution in [0.2, 0.25) is 0 Å². The molecule has 1 fully saturated rings. The van der Waals surface area contributed by atoms with E-state index in [0.29, 0.717) is 23.2 Å². The SMILES string of the molecule is COc1ccc(-n2nnc3cnc(NC4CCC(N)C4)nc32)cc1. The summed E-state index contributed by atoms with van der Waals surface area (Å²) in [5, 5.41) is 11.7. The van der Waals surface area contributed by atoms with Gasteiger partial charge in [-0.15, -0.1) is 5.10 Å². The lowest BCUT2D eigenvalue weighted by Crippen LogP contribution is -2.21. The molecule has 2 atom stereocenters. The van der Waals surface area contributed by atoms with Gasteiger partial charge in [-0.05, 0) is 43.5 Å². The zero-order chi connectivity index (χ0) is 16.5. The summed E-state index contributed by atoms with van der Waals surface area (Å²) in [7, 11) is 1.64. The summed E-state index contributed by atoms with van der Waals surface area (Å²) >= 11 is 0. The number of hydrogen-bond acceptors (Lipinski definition) is 7. The summed E-state index contributed by atoms with van der Waals surface area (Å²) in [6.45, 7) is 0. The Morgan fingerprint density at radius 3 is 2.79 bits per heavy atom. The molecule has 2 unspecified atom stereocenters. The molecule has 8 heteroatoms. The number of ether oxygens (including phenoxy) is 1. The highest BCUT2D eigenvalue weighted by molar-refractivity contribution is 5.72. The van der Waals surface area contributed by atoms with Crippen molar-refractivity contribution < 1.29 is 4.74 Å². The number of nitrogens with zero attached hydrogens (tertiary/aromatic N) is 5. The van der Waals surface area contributed by atoms with Gasteiger partial charge in [-0.25, -0.2) is 4.98 Å². The van der Waals surface area contributed by atoms with Gasteiger partial charge in [0.15, 0.2) is 11.2 Å². The van der Waals surface area contributed by atoms with Crippen LogP contribution in [0.25, 0.3) is 16.9 Å². The van der Waals surface area contributed by atoms with Crippen LogP contribution in [-0.2, 0) is 0 Å². The third-order valence-electron chi connectivity index (χ3n) is 4.32. The Morgan fingerprint density at radius 1 is 1.25 bits per heavy atom. The van der Waals surface area contributed by atoms with E-state index in [1.165, 1.54) is 0 Å². The van der Waals surface area contributed by atoms with Crippen LogP contribution in [0.5, 0.6) is 5.75 Å². The molecule has 0 radical (unpaired) electrons. The van der Waals surface area contributed by atoms with Crippen molar-refractivity contribution in [3.05, 3.63) is 30.5 Å². The normalized spacial score (nSPS) is 20.4. The summed E-state index contributed by atoms with van der Waals surface area (Å²) in [5.41, 5.74) is 8.15. The molecule has 124 valence electrons. The van der Waals surface area contributed by atoms with E-state index in [4.69, 9.17) is 10.5 Å². The standard InChI is InChI=1S/C16H19N7O/c1-24-13-6-4-12(5-7-13)23-15-14(21-22-23)9-18-16(20-15)19-11-3-2-10(17)8-11/h4-7,9-11H,2-3,8,17H2,1H3,(H,18,19,20). The molecule has 24 heavy (non-hydrogen) atoms. The minimum Gasteiger partial charge on any atom is -0.497 e. The Kier molecular flexibility index (Phi) is 3.73. The number of anilines is 1. The predicted molar refractivity (Wildman–Crippen MR) is 90.2 cm³/mol. The maximum Gasteiger partial charge on any atom is 0.225 e. The van der Waals surface area contributed by atoms with E-state index in [1.807, 2.05) is 24.3 Å². The number of rotatable bonds is 4. The Bertz CT molecular complexity index is 845. The molecule has 3 N–H and O–H groups in total. The lowest BCUT2D eigenvalue weighted by molar-refractivity contribution is 0.414. The fourth-order valence-corrected chi connectivity index (χ4v) is 3.03. The van der Waals surface area contributed by atoms with Gasteiger partial charge in [-0.3, -0.25) is 0 Å². The molecule has 0 spiro atoms. The smallest absolute Gasteiger partial charge is 0.225 e. The molecular weight excluding hydrogens is 306 g/mol. The zero-order valence-electron chi connectivity index (χ0n) is 13.4. The van der Waals surface area contributed by atoms with E-state index >= 15 is 0 Å². The molecule has 1 aliphatic carbocycles. The molecular formula is C16H19N7O. The number of hydrogen-bond donors (Lipinski definition) is 2. The maximum absolute atomic E-state index is 5.96. The minimum absolute atomic E-state index is 0.262. The summed E-state index contributed by atoms with van der Waals surface area (Å²) < 4.78 is 6.88. The fourth-order valence-electron chi connectivity index (χ4n) is 3.03. The zero-order valence-corrected chi connectivity index (χ0v) is 13.4. The minimum atomic E-state index is 0.262. The third-order valence-corrected chi connectivity index (χ3v) is 4.32. The van der Waals surface area contributed by atoms with Crippen molar-refractivity contribution in [2.24, 2.45) is 5.73 Å². The van der Waals surface area contributed by atoms with Crippen LogP contribution in [0.15, 0.2) is 30.5 Å². The van der Waals surface area contributed by atoms with Gasteiger partial charge < -0.3 is 15.8 Å². The molecule has 1 aromatic carbocycles. The van der Waals surface area contributed by atoms with E-state index in [2.05, 4.69) is 25.6 Å². The number of fused-ring (bicyclic) bond motifs is 1. The molecule has 2 aromatic heterocycles. The van der Waals surface area contributed by atoms with E-state index < -0.39 is 0 Å². The van der Waals surface area contributed by atoms with Crippen molar-refractivity contribution in [3.8, 4) is 11.4 Å². The molecule has 8 nitrogen and oxygen atoms in total. The fraction of sp³-hybridized carbons (Fsp3) is 0.375. The first-order valence-corrected chi connectivity index (χ1v) is 7.98. The van der Waals surface area contributed by atoms with Crippen molar-refractivity contribution in [1.29, 1.82) is 0 Å². The van der Waals surface area contributed by atoms with E-state index in [-0.39, 0.29) is 6.04 Å². The van der Waals surface area contributed by atoms with Crippen molar-refractivity contribution >= 4 is 17.1 Å². The second kappa shape index (κ2) is 6.04. The highest BCUT2D eigenvalue weighted by Gasteiger charge is 2.22. The predicted octanol–water partition coefficient (Wildman–Crippen LogP) is 1.51. The van der Waals surface area contributed by atoms with Crippen LogP contribution in [0, 0.1) is 0 Å². The van der Waals surface area contributed by atoms with Crippen molar-refractivity contribution in [3.63, 3.8) is 0 Å². The highest BCUT2D eigenvalue weighted by atomic mass is 16.5. The Morgan fingerprint density at radius 2 is 2.08 bits per heavy atom. The van der Waals surface area contributed by atoms with Crippen molar-refractivity contribution in [2.45, 2.75) is 31.3 Å². The average molecular weight is 325 g/mol. The summed E-state index contributed by atoms with van der Waals surface area (Å²) in [5.74, 6) is 1.37. The van der Waals surface area contributed by atoms with Gasteiger partial charge in [0, 0.05) is 12.1 Å². The Hall–Kier alpha value is -2.74. The molecule has 4 rings (SSSR count). The van der Waals surface area contributed by atoms with E-state index in [9.17, 15) is 0 Å². The van der Waals surface area contributed by atoms with Crippen LogP contribution < -0.4 is 15.8 Å². The van der Waals surface area contributed by atoms with Crippen molar-refractivity contribution in [1.82, 2.24) is 25.0 Å². The average Bonchev–Trinajstić information content (AvgIpc) is 3.21.